The Hall–Kier alpha value is -3.18. The molecule has 1 fully saturated rings. The number of nitrogens with one attached hydrogen (secondary N) is 2. The zero-order valence-corrected chi connectivity index (χ0v) is 18.7. The molecule has 2 N–H and O–H groups in total. The predicted octanol–water partition coefficient (Wildman–Crippen LogP) is 3.98. The number of thiazole rings is 1. The molecule has 0 spiro atoms. The molecule has 3 heterocycles. The van der Waals surface area contributed by atoms with Gasteiger partial charge in [-0.05, 0) is 42.9 Å². The summed E-state index contributed by atoms with van der Waals surface area (Å²) in [7, 11) is 2.01. The Morgan fingerprint density at radius 2 is 1.94 bits per heavy atom. The highest BCUT2D eigenvalue weighted by Crippen LogP contribution is 2.33. The number of benzene rings is 1. The molecule has 0 saturated carbocycles. The summed E-state index contributed by atoms with van der Waals surface area (Å²) >= 11 is 1.24. The fourth-order valence-electron chi connectivity index (χ4n) is 3.51. The number of hydrogen-bond acceptors (Lipinski definition) is 7. The first kappa shape index (κ1) is 23.0. The van der Waals surface area contributed by atoms with Crippen molar-refractivity contribution in [1.82, 2.24) is 20.2 Å². The van der Waals surface area contributed by atoms with Gasteiger partial charge in [-0.2, -0.15) is 13.2 Å². The van der Waals surface area contributed by atoms with Gasteiger partial charge in [-0.15, -0.1) is 11.3 Å². The third-order valence-corrected chi connectivity index (χ3v) is 6.08. The number of hydrogen-bond donors (Lipinski definition) is 2. The first-order chi connectivity index (χ1) is 15.8. The van der Waals surface area contributed by atoms with Gasteiger partial charge in [0.25, 0.3) is 5.91 Å². The maximum atomic E-state index is 13.3. The Morgan fingerprint density at radius 3 is 2.64 bits per heavy atom. The molecular weight excluding hydrogens is 453 g/mol. The molecule has 0 bridgehead atoms. The predicted molar refractivity (Wildman–Crippen MR) is 122 cm³/mol. The number of nitrogens with zero attached hydrogens (tertiary/aromatic N) is 4. The minimum absolute atomic E-state index is 0.0368. The maximum absolute atomic E-state index is 13.3. The van der Waals surface area contributed by atoms with Crippen LogP contribution >= 0.6 is 11.3 Å². The number of carbonyl (C=O) groups excluding carboxylic acids is 1. The van der Waals surface area contributed by atoms with Gasteiger partial charge in [-0.1, -0.05) is 6.07 Å². The van der Waals surface area contributed by atoms with Gasteiger partial charge in [0.2, 0.25) is 0 Å². The monoisotopic (exact) mass is 476 g/mol. The second-order valence-electron chi connectivity index (χ2n) is 7.69. The standard InChI is InChI=1S/C22H23F3N6OS/c1-30-8-10-31(11-9-30)18-6-5-16(22(23,24)25)12-15(18)13-27-20(32)17-14-33-21(28-17)29-19-4-2-3-7-26-19/h2-7,12,14H,8-11,13H2,1H3,(H,27,32)(H,26,28,29). The highest BCUT2D eigenvalue weighted by molar-refractivity contribution is 7.14. The molecule has 1 amide bonds. The number of carbonyl (C=O) groups is 1. The highest BCUT2D eigenvalue weighted by Gasteiger charge is 2.31. The van der Waals surface area contributed by atoms with Crippen LogP contribution in [0.4, 0.5) is 29.8 Å². The van der Waals surface area contributed by atoms with E-state index in [1.165, 1.54) is 17.4 Å². The lowest BCUT2D eigenvalue weighted by Gasteiger charge is -2.35. The van der Waals surface area contributed by atoms with Crippen LogP contribution in [0.5, 0.6) is 0 Å². The lowest BCUT2D eigenvalue weighted by molar-refractivity contribution is -0.137. The molecule has 0 radical (unpaired) electrons. The second-order valence-corrected chi connectivity index (χ2v) is 8.55. The van der Waals surface area contributed by atoms with E-state index in [0.717, 1.165) is 25.2 Å². The molecule has 7 nitrogen and oxygen atoms in total. The fourth-order valence-corrected chi connectivity index (χ4v) is 4.20. The molecule has 4 rings (SSSR count). The minimum atomic E-state index is -4.46. The lowest BCUT2D eigenvalue weighted by atomic mass is 10.1. The van der Waals surface area contributed by atoms with Gasteiger partial charge in [0, 0.05) is 50.0 Å². The number of alkyl halides is 3. The van der Waals surface area contributed by atoms with Crippen molar-refractivity contribution in [2.45, 2.75) is 12.7 Å². The Bertz CT molecular complexity index is 1100. The van der Waals surface area contributed by atoms with E-state index in [4.69, 9.17) is 0 Å². The van der Waals surface area contributed by atoms with Crippen LogP contribution in [0.15, 0.2) is 48.0 Å². The zero-order valence-electron chi connectivity index (χ0n) is 17.9. The second kappa shape index (κ2) is 9.75. The van der Waals surface area contributed by atoms with Crippen molar-refractivity contribution < 1.29 is 18.0 Å². The van der Waals surface area contributed by atoms with Crippen LogP contribution in [0.3, 0.4) is 0 Å². The van der Waals surface area contributed by atoms with Gasteiger partial charge < -0.3 is 20.4 Å². The van der Waals surface area contributed by atoms with Crippen molar-refractivity contribution in [3.05, 3.63) is 64.8 Å². The minimum Gasteiger partial charge on any atom is -0.369 e. The fraction of sp³-hybridized carbons (Fsp3) is 0.318. The quantitative estimate of drug-likeness (QED) is 0.561. The molecule has 0 aliphatic carbocycles. The summed E-state index contributed by atoms with van der Waals surface area (Å²) in [5.41, 5.74) is 0.573. The van der Waals surface area contributed by atoms with Gasteiger partial charge in [0.1, 0.15) is 11.5 Å². The molecule has 2 aromatic heterocycles. The Kier molecular flexibility index (Phi) is 6.80. The molecular formula is C22H23F3N6OS. The Morgan fingerprint density at radius 1 is 1.15 bits per heavy atom. The Labute approximate surface area is 193 Å². The van der Waals surface area contributed by atoms with Gasteiger partial charge >= 0.3 is 6.18 Å². The van der Waals surface area contributed by atoms with Crippen molar-refractivity contribution in [2.75, 3.05) is 43.4 Å². The van der Waals surface area contributed by atoms with Crippen molar-refractivity contribution in [2.24, 2.45) is 0 Å². The summed E-state index contributed by atoms with van der Waals surface area (Å²) in [5, 5.41) is 7.82. The summed E-state index contributed by atoms with van der Waals surface area (Å²) in [6, 6.07) is 9.08. The highest BCUT2D eigenvalue weighted by atomic mass is 32.1. The smallest absolute Gasteiger partial charge is 0.369 e. The van der Waals surface area contributed by atoms with Crippen molar-refractivity contribution in [1.29, 1.82) is 0 Å². The molecule has 1 aliphatic rings. The molecule has 11 heteroatoms. The molecule has 3 aromatic rings. The number of aromatic nitrogens is 2. The third kappa shape index (κ3) is 5.79. The van der Waals surface area contributed by atoms with Gasteiger partial charge in [-0.25, -0.2) is 9.97 Å². The number of rotatable bonds is 6. The van der Waals surface area contributed by atoms with E-state index in [9.17, 15) is 18.0 Å². The van der Waals surface area contributed by atoms with E-state index < -0.39 is 17.6 Å². The van der Waals surface area contributed by atoms with Crippen LogP contribution in [0.1, 0.15) is 21.6 Å². The van der Waals surface area contributed by atoms with E-state index in [1.807, 2.05) is 13.1 Å². The molecule has 0 unspecified atom stereocenters. The van der Waals surface area contributed by atoms with Crippen LogP contribution < -0.4 is 15.5 Å². The number of amides is 1. The van der Waals surface area contributed by atoms with Crippen LogP contribution in [-0.2, 0) is 12.7 Å². The summed E-state index contributed by atoms with van der Waals surface area (Å²) in [5.74, 6) is 0.140. The normalized spacial score (nSPS) is 14.8. The van der Waals surface area contributed by atoms with Gasteiger partial charge in [-0.3, -0.25) is 4.79 Å². The molecule has 0 atom stereocenters. The van der Waals surface area contributed by atoms with Crippen molar-refractivity contribution >= 4 is 33.9 Å². The first-order valence-electron chi connectivity index (χ1n) is 10.3. The van der Waals surface area contributed by atoms with Crippen molar-refractivity contribution in [3.8, 4) is 0 Å². The molecule has 1 aliphatic heterocycles. The van der Waals surface area contributed by atoms with Gasteiger partial charge in [0.05, 0.1) is 5.56 Å². The largest absolute Gasteiger partial charge is 0.416 e. The molecule has 1 saturated heterocycles. The van der Waals surface area contributed by atoms with Gasteiger partial charge in [0.15, 0.2) is 5.13 Å². The summed E-state index contributed by atoms with van der Waals surface area (Å²) in [6.07, 6.45) is -2.82. The number of pyridine rings is 1. The van der Waals surface area contributed by atoms with E-state index in [0.29, 0.717) is 35.3 Å². The summed E-state index contributed by atoms with van der Waals surface area (Å²) < 4.78 is 39.9. The molecule has 33 heavy (non-hydrogen) atoms. The van der Waals surface area contributed by atoms with Crippen LogP contribution in [0.25, 0.3) is 0 Å². The molecule has 1 aromatic carbocycles. The topological polar surface area (TPSA) is 73.4 Å². The third-order valence-electron chi connectivity index (χ3n) is 5.33. The van der Waals surface area contributed by atoms with E-state index in [-0.39, 0.29) is 12.2 Å². The van der Waals surface area contributed by atoms with E-state index in [2.05, 4.69) is 30.4 Å². The van der Waals surface area contributed by atoms with Crippen LogP contribution in [0.2, 0.25) is 0 Å². The summed E-state index contributed by atoms with van der Waals surface area (Å²) in [6.45, 7) is 3.01. The SMILES string of the molecule is CN1CCN(c2ccc(C(F)(F)F)cc2CNC(=O)c2csc(Nc3ccccn3)n2)CC1. The van der Waals surface area contributed by atoms with Crippen LogP contribution in [-0.4, -0.2) is 54.0 Å². The number of halogens is 3. The zero-order chi connectivity index (χ0) is 23.4. The molecule has 174 valence electrons. The van der Waals surface area contributed by atoms with Crippen LogP contribution in [0, 0.1) is 0 Å². The van der Waals surface area contributed by atoms with E-state index in [1.54, 1.807) is 23.7 Å². The summed E-state index contributed by atoms with van der Waals surface area (Å²) in [4.78, 5) is 25.3. The average Bonchev–Trinajstić information content (AvgIpc) is 3.26. The number of likely N-dealkylation sites (N-methyl/N-ethyl adjacent to an activating group) is 1. The lowest BCUT2D eigenvalue weighted by Crippen LogP contribution is -2.45. The number of anilines is 3. The number of piperazine rings is 1. The van der Waals surface area contributed by atoms with E-state index >= 15 is 0 Å². The average molecular weight is 477 g/mol. The Balaban J connectivity index is 1.48. The maximum Gasteiger partial charge on any atom is 0.416 e. The van der Waals surface area contributed by atoms with Crippen molar-refractivity contribution in [3.63, 3.8) is 0 Å². The first-order valence-corrected chi connectivity index (χ1v) is 11.2.